The van der Waals surface area contributed by atoms with Crippen molar-refractivity contribution in [3.8, 4) is 0 Å². The van der Waals surface area contributed by atoms with E-state index >= 15 is 0 Å². The van der Waals surface area contributed by atoms with Gasteiger partial charge in [0, 0.05) is 30.4 Å². The Morgan fingerprint density at radius 2 is 1.55 bits per heavy atom. The highest BCUT2D eigenvalue weighted by atomic mass is 14.9. The fraction of sp³-hybridized carbons (Fsp3) is 0.118. The largest absolute Gasteiger partial charge is 0.399 e. The van der Waals surface area contributed by atoms with Crippen LogP contribution in [0.15, 0.2) is 60.8 Å². The van der Waals surface area contributed by atoms with E-state index in [0.29, 0.717) is 0 Å². The van der Waals surface area contributed by atoms with Gasteiger partial charge in [0.2, 0.25) is 0 Å². The number of benzene rings is 2. The van der Waals surface area contributed by atoms with E-state index in [4.69, 9.17) is 5.73 Å². The summed E-state index contributed by atoms with van der Waals surface area (Å²) in [6.45, 7) is 0. The van der Waals surface area contributed by atoms with Crippen molar-refractivity contribution >= 4 is 5.69 Å². The molecule has 3 rings (SSSR count). The molecular formula is C17H17N3. The van der Waals surface area contributed by atoms with Crippen LogP contribution in [0, 0.1) is 0 Å². The Kier molecular flexibility index (Phi) is 3.50. The SMILES string of the molecule is Nc1ccc(Cc2cnc(Cc3ccccc3)[nH]2)cc1. The van der Waals surface area contributed by atoms with Crippen LogP contribution in [0.25, 0.3) is 0 Å². The number of rotatable bonds is 4. The second-order valence-electron chi connectivity index (χ2n) is 4.94. The van der Waals surface area contributed by atoms with Gasteiger partial charge in [-0.25, -0.2) is 4.98 Å². The van der Waals surface area contributed by atoms with Crippen LogP contribution in [-0.4, -0.2) is 9.97 Å². The van der Waals surface area contributed by atoms with Crippen LogP contribution in [0.1, 0.15) is 22.6 Å². The molecule has 0 amide bonds. The van der Waals surface area contributed by atoms with Crippen molar-refractivity contribution in [2.75, 3.05) is 5.73 Å². The number of H-pyrrole nitrogens is 1. The van der Waals surface area contributed by atoms with Gasteiger partial charge in [-0.05, 0) is 23.3 Å². The number of aromatic nitrogens is 2. The van der Waals surface area contributed by atoms with Crippen LogP contribution in [0.2, 0.25) is 0 Å². The van der Waals surface area contributed by atoms with Crippen LogP contribution >= 0.6 is 0 Å². The first-order valence-corrected chi connectivity index (χ1v) is 6.71. The molecule has 100 valence electrons. The molecule has 0 saturated carbocycles. The molecule has 3 N–H and O–H groups in total. The number of hydrogen-bond donors (Lipinski definition) is 2. The number of hydrogen-bond acceptors (Lipinski definition) is 2. The molecule has 0 bridgehead atoms. The molecule has 1 aromatic heterocycles. The van der Waals surface area contributed by atoms with Crippen LogP contribution in [-0.2, 0) is 12.8 Å². The van der Waals surface area contributed by atoms with Crippen molar-refractivity contribution in [1.82, 2.24) is 9.97 Å². The van der Waals surface area contributed by atoms with E-state index in [1.165, 1.54) is 11.1 Å². The number of nitrogens with two attached hydrogens (primary N) is 1. The lowest BCUT2D eigenvalue weighted by Crippen LogP contribution is -1.92. The summed E-state index contributed by atoms with van der Waals surface area (Å²) in [6.07, 6.45) is 3.60. The topological polar surface area (TPSA) is 54.7 Å². The predicted molar refractivity (Wildman–Crippen MR) is 81.5 cm³/mol. The molecule has 0 unspecified atom stereocenters. The van der Waals surface area contributed by atoms with Gasteiger partial charge in [-0.1, -0.05) is 42.5 Å². The molecule has 0 saturated heterocycles. The summed E-state index contributed by atoms with van der Waals surface area (Å²) >= 11 is 0. The zero-order valence-corrected chi connectivity index (χ0v) is 11.2. The van der Waals surface area contributed by atoms with E-state index in [2.05, 4.69) is 22.1 Å². The minimum Gasteiger partial charge on any atom is -0.399 e. The van der Waals surface area contributed by atoms with Gasteiger partial charge in [-0.15, -0.1) is 0 Å². The number of nitrogens with one attached hydrogen (secondary N) is 1. The van der Waals surface area contributed by atoms with Crippen LogP contribution < -0.4 is 5.73 Å². The maximum Gasteiger partial charge on any atom is 0.110 e. The maximum atomic E-state index is 5.69. The Hall–Kier alpha value is -2.55. The van der Waals surface area contributed by atoms with Crippen LogP contribution in [0.4, 0.5) is 5.69 Å². The summed E-state index contributed by atoms with van der Waals surface area (Å²) in [7, 11) is 0. The van der Waals surface area contributed by atoms with E-state index in [9.17, 15) is 0 Å². The van der Waals surface area contributed by atoms with E-state index in [-0.39, 0.29) is 0 Å². The highest BCUT2D eigenvalue weighted by Gasteiger charge is 2.03. The van der Waals surface area contributed by atoms with Gasteiger partial charge < -0.3 is 10.7 Å². The van der Waals surface area contributed by atoms with Gasteiger partial charge in [0.25, 0.3) is 0 Å². The van der Waals surface area contributed by atoms with Crippen molar-refractivity contribution in [2.24, 2.45) is 0 Å². The summed E-state index contributed by atoms with van der Waals surface area (Å²) in [5, 5.41) is 0. The first-order valence-electron chi connectivity index (χ1n) is 6.71. The third-order valence-corrected chi connectivity index (χ3v) is 3.27. The Morgan fingerprint density at radius 3 is 2.30 bits per heavy atom. The second kappa shape index (κ2) is 5.61. The third-order valence-electron chi connectivity index (χ3n) is 3.27. The Morgan fingerprint density at radius 1 is 0.850 bits per heavy atom. The van der Waals surface area contributed by atoms with Crippen LogP contribution in [0.5, 0.6) is 0 Å². The quantitative estimate of drug-likeness (QED) is 0.710. The monoisotopic (exact) mass is 263 g/mol. The maximum absolute atomic E-state index is 5.69. The zero-order chi connectivity index (χ0) is 13.8. The predicted octanol–water partition coefficient (Wildman–Crippen LogP) is 3.17. The second-order valence-corrected chi connectivity index (χ2v) is 4.94. The molecule has 0 aliphatic heterocycles. The average Bonchev–Trinajstić information content (AvgIpc) is 2.90. The van der Waals surface area contributed by atoms with Crippen molar-refractivity contribution in [3.05, 3.63) is 83.4 Å². The first-order chi connectivity index (χ1) is 9.79. The minimum atomic E-state index is 0.795. The normalized spacial score (nSPS) is 10.6. The Labute approximate surface area is 118 Å². The molecule has 2 aromatic carbocycles. The summed E-state index contributed by atoms with van der Waals surface area (Å²) in [4.78, 5) is 7.83. The van der Waals surface area contributed by atoms with Gasteiger partial charge in [-0.2, -0.15) is 0 Å². The lowest BCUT2D eigenvalue weighted by atomic mass is 10.1. The molecule has 0 atom stereocenters. The van der Waals surface area contributed by atoms with E-state index in [0.717, 1.165) is 30.0 Å². The highest BCUT2D eigenvalue weighted by Crippen LogP contribution is 2.12. The number of nitrogen functional groups attached to an aromatic ring is 1. The molecule has 0 radical (unpaired) electrons. The standard InChI is InChI=1S/C17H17N3/c18-15-8-6-14(7-9-15)10-16-12-19-17(20-16)11-13-4-2-1-3-5-13/h1-9,12H,10-11,18H2,(H,19,20). The first kappa shape index (κ1) is 12.5. The van der Waals surface area contributed by atoms with E-state index < -0.39 is 0 Å². The van der Waals surface area contributed by atoms with Crippen molar-refractivity contribution in [1.29, 1.82) is 0 Å². The lowest BCUT2D eigenvalue weighted by Gasteiger charge is -2.00. The summed E-state index contributed by atoms with van der Waals surface area (Å²) in [6, 6.07) is 18.3. The Balaban J connectivity index is 1.69. The van der Waals surface area contributed by atoms with Gasteiger partial charge in [0.05, 0.1) is 0 Å². The zero-order valence-electron chi connectivity index (χ0n) is 11.2. The molecule has 0 fully saturated rings. The molecule has 1 heterocycles. The molecule has 0 aliphatic carbocycles. The van der Waals surface area contributed by atoms with Crippen LogP contribution in [0.3, 0.4) is 0 Å². The lowest BCUT2D eigenvalue weighted by molar-refractivity contribution is 1.00. The number of anilines is 1. The van der Waals surface area contributed by atoms with Gasteiger partial charge >= 0.3 is 0 Å². The van der Waals surface area contributed by atoms with E-state index in [1.54, 1.807) is 0 Å². The minimum absolute atomic E-state index is 0.795. The summed E-state index contributed by atoms with van der Waals surface area (Å²) in [5.41, 5.74) is 10.1. The molecule has 3 aromatic rings. The van der Waals surface area contributed by atoms with Gasteiger partial charge in [-0.3, -0.25) is 0 Å². The van der Waals surface area contributed by atoms with E-state index in [1.807, 2.05) is 48.7 Å². The molecular weight excluding hydrogens is 246 g/mol. The fourth-order valence-corrected chi connectivity index (χ4v) is 2.23. The molecule has 0 aliphatic rings. The fourth-order valence-electron chi connectivity index (χ4n) is 2.23. The smallest absolute Gasteiger partial charge is 0.110 e. The molecule has 0 spiro atoms. The van der Waals surface area contributed by atoms with Gasteiger partial charge in [0.1, 0.15) is 5.82 Å². The average molecular weight is 263 g/mol. The Bertz CT molecular complexity index is 669. The summed E-state index contributed by atoms with van der Waals surface area (Å²) in [5.74, 6) is 1.00. The highest BCUT2D eigenvalue weighted by molar-refractivity contribution is 5.40. The van der Waals surface area contributed by atoms with Gasteiger partial charge in [0.15, 0.2) is 0 Å². The molecule has 20 heavy (non-hydrogen) atoms. The molecule has 3 heteroatoms. The third kappa shape index (κ3) is 3.06. The van der Waals surface area contributed by atoms with Crippen molar-refractivity contribution in [2.45, 2.75) is 12.8 Å². The van der Waals surface area contributed by atoms with Crippen molar-refractivity contribution in [3.63, 3.8) is 0 Å². The molecule has 3 nitrogen and oxygen atoms in total. The van der Waals surface area contributed by atoms with Crippen molar-refractivity contribution < 1.29 is 0 Å². The number of nitrogens with zero attached hydrogens (tertiary/aromatic N) is 1. The number of imidazole rings is 1. The summed E-state index contributed by atoms with van der Waals surface area (Å²) < 4.78 is 0. The number of aromatic amines is 1.